The van der Waals surface area contributed by atoms with Crippen molar-refractivity contribution in [3.05, 3.63) is 83.4 Å². The van der Waals surface area contributed by atoms with Crippen LogP contribution in [0, 0.1) is 5.92 Å². The lowest BCUT2D eigenvalue weighted by Crippen LogP contribution is -2.39. The van der Waals surface area contributed by atoms with Crippen molar-refractivity contribution in [1.29, 1.82) is 0 Å². The number of aliphatic hydroxyl groups is 1. The van der Waals surface area contributed by atoms with E-state index in [1.807, 2.05) is 39.0 Å². The second-order valence-corrected chi connectivity index (χ2v) is 8.33. The van der Waals surface area contributed by atoms with Crippen molar-refractivity contribution in [3.8, 4) is 0 Å². The minimum absolute atomic E-state index is 0.226. The fourth-order valence-electron chi connectivity index (χ4n) is 3.99. The number of allylic oxidation sites excluding steroid dienone is 7. The van der Waals surface area contributed by atoms with E-state index in [-0.39, 0.29) is 12.4 Å². The molecule has 1 rings (SSSR count). The minimum atomic E-state index is -0.735. The normalized spacial score (nSPS) is 18.2. The molecule has 2 unspecified atom stereocenters. The predicted molar refractivity (Wildman–Crippen MR) is 156 cm³/mol. The molecular weight excluding hydrogens is 498 g/mol. The molecule has 1 aliphatic rings. The van der Waals surface area contributed by atoms with E-state index < -0.39 is 12.0 Å². The number of nitrogens with zero attached hydrogens (tertiary/aromatic N) is 1. The number of ether oxygens (including phenoxy) is 4. The van der Waals surface area contributed by atoms with E-state index in [0.29, 0.717) is 61.8 Å². The highest BCUT2D eigenvalue weighted by Gasteiger charge is 2.36. The highest BCUT2D eigenvalue weighted by atomic mass is 16.5. The van der Waals surface area contributed by atoms with E-state index >= 15 is 0 Å². The maximum Gasteiger partial charge on any atom is 0.293 e. The monoisotopic (exact) mass is 545 g/mol. The first-order valence-corrected chi connectivity index (χ1v) is 13.2. The van der Waals surface area contributed by atoms with Crippen LogP contribution in [0.25, 0.3) is 0 Å². The molecule has 0 fully saturated rings. The van der Waals surface area contributed by atoms with Gasteiger partial charge < -0.3 is 24.1 Å². The Morgan fingerprint density at radius 1 is 1.15 bits per heavy atom. The van der Waals surface area contributed by atoms with Crippen LogP contribution in [0.4, 0.5) is 0 Å². The van der Waals surface area contributed by atoms with Crippen molar-refractivity contribution < 1.29 is 33.6 Å². The summed E-state index contributed by atoms with van der Waals surface area (Å²) in [5.41, 5.74) is 2.31. The molecule has 0 saturated heterocycles. The number of hydrogen-bond acceptors (Lipinski definition) is 8. The number of rotatable bonds is 18. The largest absolute Gasteiger partial charge is 0.515 e. The highest BCUT2D eigenvalue weighted by Crippen LogP contribution is 2.36. The van der Waals surface area contributed by atoms with Gasteiger partial charge in [0.05, 0.1) is 19.5 Å². The molecule has 8 heteroatoms. The van der Waals surface area contributed by atoms with Crippen molar-refractivity contribution in [2.24, 2.45) is 5.92 Å². The van der Waals surface area contributed by atoms with Crippen molar-refractivity contribution in [2.45, 2.75) is 40.7 Å². The van der Waals surface area contributed by atoms with Crippen LogP contribution in [0.2, 0.25) is 0 Å². The third-order valence-corrected chi connectivity index (χ3v) is 5.76. The Kier molecular flexibility index (Phi) is 19.9. The summed E-state index contributed by atoms with van der Waals surface area (Å²) in [7, 11) is 3.28. The van der Waals surface area contributed by atoms with Crippen molar-refractivity contribution in [1.82, 2.24) is 4.90 Å². The Morgan fingerprint density at radius 2 is 1.79 bits per heavy atom. The van der Waals surface area contributed by atoms with Crippen molar-refractivity contribution >= 4 is 12.3 Å². The molecule has 0 aromatic heterocycles. The molecule has 39 heavy (non-hydrogen) atoms. The van der Waals surface area contributed by atoms with Gasteiger partial charge in [0.15, 0.2) is 5.78 Å². The Labute approximate surface area is 234 Å². The predicted octanol–water partition coefficient (Wildman–Crippen LogP) is 5.27. The van der Waals surface area contributed by atoms with E-state index in [1.165, 1.54) is 6.08 Å². The molecule has 2 atom stereocenters. The van der Waals surface area contributed by atoms with E-state index in [0.717, 1.165) is 11.8 Å². The van der Waals surface area contributed by atoms with Gasteiger partial charge in [-0.05, 0) is 50.1 Å². The van der Waals surface area contributed by atoms with Crippen LogP contribution in [0.1, 0.15) is 34.6 Å². The molecule has 218 valence electrons. The number of carbonyl (C=O) groups excluding carboxylic acids is 2. The number of aliphatic hydroxyl groups excluding tert-OH is 1. The van der Waals surface area contributed by atoms with Gasteiger partial charge in [-0.15, -0.1) is 0 Å². The molecule has 0 amide bonds. The number of methoxy groups -OCH3 is 2. The summed E-state index contributed by atoms with van der Waals surface area (Å²) in [6, 6.07) is 0. The second kappa shape index (κ2) is 21.7. The lowest BCUT2D eigenvalue weighted by Gasteiger charge is -2.35. The first-order valence-electron chi connectivity index (χ1n) is 13.2. The van der Waals surface area contributed by atoms with E-state index in [2.05, 4.69) is 11.5 Å². The average Bonchev–Trinajstić information content (AvgIpc) is 2.95. The van der Waals surface area contributed by atoms with Gasteiger partial charge in [-0.2, -0.15) is 0 Å². The summed E-state index contributed by atoms with van der Waals surface area (Å²) in [6.07, 6.45) is 12.1. The standard InChI is InChI=1S/C29H41NO7.C2H6/c1-7-10-27(33)25(18-22(4)20-31)23(9-3)24-11-12-28(36-15-8-2)26(29(24)37-21-32)19-30(13-16-34-5)14-17-35-6;1-2/h7-12,18,20-21,24,29,31H,2,13-17,19H2,1,3-6H3;1-2H3/b10-7-,22-20-,23-9+,25-18-;. The molecule has 0 aromatic rings. The van der Waals surface area contributed by atoms with E-state index in [1.54, 1.807) is 46.3 Å². The lowest BCUT2D eigenvalue weighted by atomic mass is 9.79. The van der Waals surface area contributed by atoms with Crippen LogP contribution < -0.4 is 0 Å². The van der Waals surface area contributed by atoms with Gasteiger partial charge in [0.2, 0.25) is 0 Å². The second-order valence-electron chi connectivity index (χ2n) is 8.33. The molecule has 0 radical (unpaired) electrons. The average molecular weight is 546 g/mol. The zero-order valence-corrected chi connectivity index (χ0v) is 24.6. The van der Waals surface area contributed by atoms with Gasteiger partial charge in [-0.3, -0.25) is 14.5 Å². The summed E-state index contributed by atoms with van der Waals surface area (Å²) < 4.78 is 22.2. The van der Waals surface area contributed by atoms with Gasteiger partial charge >= 0.3 is 0 Å². The first-order chi connectivity index (χ1) is 18.9. The molecular formula is C31H47NO7. The van der Waals surface area contributed by atoms with Gasteiger partial charge in [0.25, 0.3) is 6.47 Å². The van der Waals surface area contributed by atoms with E-state index in [4.69, 9.17) is 18.9 Å². The van der Waals surface area contributed by atoms with Gasteiger partial charge in [-0.1, -0.05) is 44.7 Å². The summed E-state index contributed by atoms with van der Waals surface area (Å²) in [4.78, 5) is 26.9. The highest BCUT2D eigenvalue weighted by molar-refractivity contribution is 6.07. The fraction of sp³-hybridized carbons (Fsp3) is 0.484. The van der Waals surface area contributed by atoms with Crippen LogP contribution >= 0.6 is 0 Å². The van der Waals surface area contributed by atoms with Gasteiger partial charge in [0, 0.05) is 50.9 Å². The zero-order valence-electron chi connectivity index (χ0n) is 24.6. The summed E-state index contributed by atoms with van der Waals surface area (Å²) in [5, 5.41) is 9.50. The molecule has 8 nitrogen and oxygen atoms in total. The Hall–Kier alpha value is -3.20. The van der Waals surface area contributed by atoms with Crippen molar-refractivity contribution in [3.63, 3.8) is 0 Å². The number of ketones is 1. The molecule has 0 aliphatic heterocycles. The third kappa shape index (κ3) is 12.0. The maximum absolute atomic E-state index is 13.1. The van der Waals surface area contributed by atoms with E-state index in [9.17, 15) is 14.7 Å². The summed E-state index contributed by atoms with van der Waals surface area (Å²) in [6.45, 7) is 16.4. The molecule has 0 saturated carbocycles. The lowest BCUT2D eigenvalue weighted by molar-refractivity contribution is -0.133. The van der Waals surface area contributed by atoms with Crippen LogP contribution in [0.5, 0.6) is 0 Å². The van der Waals surface area contributed by atoms with Crippen LogP contribution in [-0.4, -0.2) is 82.0 Å². The first kappa shape index (κ1) is 35.8. The smallest absolute Gasteiger partial charge is 0.293 e. The number of hydrogen-bond donors (Lipinski definition) is 1. The van der Waals surface area contributed by atoms with Gasteiger partial charge in [0.1, 0.15) is 18.5 Å². The van der Waals surface area contributed by atoms with Gasteiger partial charge in [-0.25, -0.2) is 0 Å². The molecule has 1 N–H and O–H groups in total. The fourth-order valence-corrected chi connectivity index (χ4v) is 3.99. The molecule has 0 aromatic carbocycles. The molecule has 1 aliphatic carbocycles. The molecule has 0 bridgehead atoms. The number of carbonyl (C=O) groups is 2. The quantitative estimate of drug-likeness (QED) is 0.0818. The third-order valence-electron chi connectivity index (χ3n) is 5.76. The van der Waals surface area contributed by atoms with Crippen LogP contribution in [0.3, 0.4) is 0 Å². The zero-order chi connectivity index (χ0) is 29.6. The summed E-state index contributed by atoms with van der Waals surface area (Å²) in [5.74, 6) is -0.119. The van der Waals surface area contributed by atoms with Crippen LogP contribution in [-0.2, 0) is 28.5 Å². The van der Waals surface area contributed by atoms with Crippen LogP contribution in [0.15, 0.2) is 83.4 Å². The molecule has 0 heterocycles. The minimum Gasteiger partial charge on any atom is -0.515 e. The Bertz CT molecular complexity index is 933. The Balaban J connectivity index is 0.00000704. The topological polar surface area (TPSA) is 94.5 Å². The Morgan fingerprint density at radius 3 is 2.28 bits per heavy atom. The molecule has 0 spiro atoms. The SMILES string of the molecule is C=CCOC1=C(CN(CCOC)CCOC)C(OC=O)C(C(=C\C)/C(=C/C(C)=C\O)C(=O)/C=C\C)C=C1.CC. The van der Waals surface area contributed by atoms with Crippen molar-refractivity contribution in [2.75, 3.05) is 53.7 Å². The maximum atomic E-state index is 13.1. The summed E-state index contributed by atoms with van der Waals surface area (Å²) >= 11 is 0.